The maximum absolute atomic E-state index is 13.8. The molecule has 2 amide bonds. The van der Waals surface area contributed by atoms with E-state index in [1.807, 2.05) is 18.4 Å². The number of nitrogens with zero attached hydrogens (tertiary/aromatic N) is 3. The summed E-state index contributed by atoms with van der Waals surface area (Å²) >= 11 is 7.23. The Morgan fingerprint density at radius 2 is 1.81 bits per heavy atom. The number of nitrogens with one attached hydrogen (secondary N) is 1. The van der Waals surface area contributed by atoms with Crippen molar-refractivity contribution in [3.05, 3.63) is 71.0 Å². The Balaban J connectivity index is 1.83. The summed E-state index contributed by atoms with van der Waals surface area (Å²) in [7, 11) is 1.25. The molecule has 0 saturated carbocycles. The number of hydrogen-bond donors (Lipinski definition) is 1. The zero-order valence-corrected chi connectivity index (χ0v) is 18.6. The number of para-hydroxylation sites is 1. The van der Waals surface area contributed by atoms with Gasteiger partial charge in [-0.15, -0.1) is 11.8 Å². The van der Waals surface area contributed by atoms with Gasteiger partial charge in [-0.2, -0.15) is 18.3 Å². The Hall–Kier alpha value is -2.98. The molecular formula is C21H18ClF3N4O2S. The summed E-state index contributed by atoms with van der Waals surface area (Å²) in [5.41, 5.74) is -1.25. The first-order valence-electron chi connectivity index (χ1n) is 9.21. The summed E-state index contributed by atoms with van der Waals surface area (Å²) in [6.45, 7) is -0.440. The van der Waals surface area contributed by atoms with Gasteiger partial charge in [0, 0.05) is 17.0 Å². The molecular weight excluding hydrogens is 465 g/mol. The summed E-state index contributed by atoms with van der Waals surface area (Å²) in [5.74, 6) is -1.52. The van der Waals surface area contributed by atoms with Crippen molar-refractivity contribution in [1.82, 2.24) is 14.7 Å². The van der Waals surface area contributed by atoms with Crippen LogP contribution >= 0.6 is 23.4 Å². The third-order valence-electron chi connectivity index (χ3n) is 4.45. The minimum Gasteiger partial charge on any atom is -0.332 e. The van der Waals surface area contributed by atoms with Crippen LogP contribution in [0.15, 0.2) is 59.6 Å². The molecule has 2 aromatic carbocycles. The van der Waals surface area contributed by atoms with E-state index < -0.39 is 35.8 Å². The van der Waals surface area contributed by atoms with Crippen LogP contribution < -0.4 is 5.32 Å². The fraction of sp³-hybridized carbons (Fsp3) is 0.190. The highest BCUT2D eigenvalue weighted by atomic mass is 35.5. The Kier molecular flexibility index (Phi) is 7.15. The number of anilines is 1. The summed E-state index contributed by atoms with van der Waals surface area (Å²) in [6.07, 6.45) is -2.17. The molecule has 11 heteroatoms. The van der Waals surface area contributed by atoms with E-state index in [9.17, 15) is 22.8 Å². The van der Waals surface area contributed by atoms with Crippen molar-refractivity contribution in [1.29, 1.82) is 0 Å². The number of amides is 2. The second-order valence-corrected chi connectivity index (χ2v) is 7.99. The van der Waals surface area contributed by atoms with Gasteiger partial charge in [-0.3, -0.25) is 9.59 Å². The number of carbonyl (C=O) groups excluding carboxylic acids is 2. The van der Waals surface area contributed by atoms with E-state index in [-0.39, 0.29) is 5.69 Å². The maximum Gasteiger partial charge on any atom is 0.434 e. The minimum absolute atomic E-state index is 0.0924. The highest BCUT2D eigenvalue weighted by Gasteiger charge is 2.41. The Bertz CT molecular complexity index is 1130. The van der Waals surface area contributed by atoms with Crippen molar-refractivity contribution in [2.75, 3.05) is 25.2 Å². The fourth-order valence-electron chi connectivity index (χ4n) is 2.99. The van der Waals surface area contributed by atoms with E-state index in [1.165, 1.54) is 43.1 Å². The van der Waals surface area contributed by atoms with Gasteiger partial charge in [-0.25, -0.2) is 4.68 Å². The van der Waals surface area contributed by atoms with Crippen molar-refractivity contribution >= 4 is 40.9 Å². The van der Waals surface area contributed by atoms with Crippen molar-refractivity contribution in [3.8, 4) is 5.69 Å². The van der Waals surface area contributed by atoms with Crippen molar-refractivity contribution in [2.24, 2.45) is 0 Å². The first kappa shape index (κ1) is 23.7. The molecule has 0 aliphatic carbocycles. The molecule has 0 aliphatic rings. The van der Waals surface area contributed by atoms with Gasteiger partial charge in [0.05, 0.1) is 29.7 Å². The SMILES string of the molecule is CSc1ccccc1NC(=O)CN(C)C(=O)c1cnn(-c2ccc(Cl)cc2)c1C(F)(F)F. The number of carbonyl (C=O) groups is 2. The molecule has 3 aromatic rings. The van der Waals surface area contributed by atoms with Crippen molar-refractivity contribution in [2.45, 2.75) is 11.1 Å². The zero-order chi connectivity index (χ0) is 23.5. The van der Waals surface area contributed by atoms with E-state index in [0.29, 0.717) is 15.4 Å². The smallest absolute Gasteiger partial charge is 0.332 e. The van der Waals surface area contributed by atoms with Crippen LogP contribution in [0.4, 0.5) is 18.9 Å². The normalized spacial score (nSPS) is 11.3. The van der Waals surface area contributed by atoms with Gasteiger partial charge >= 0.3 is 6.18 Å². The standard InChI is InChI=1S/C21H18ClF3N4O2S/c1-28(12-18(30)27-16-5-3-4-6-17(16)32-2)20(31)15-11-26-29(19(15)21(23,24)25)14-9-7-13(22)8-10-14/h3-11H,12H2,1-2H3,(H,27,30). The number of benzene rings is 2. The van der Waals surface area contributed by atoms with Gasteiger partial charge in [0.15, 0.2) is 5.69 Å². The van der Waals surface area contributed by atoms with E-state index in [0.717, 1.165) is 16.0 Å². The quantitative estimate of drug-likeness (QED) is 0.503. The second-order valence-electron chi connectivity index (χ2n) is 6.70. The number of rotatable bonds is 6. The minimum atomic E-state index is -4.86. The number of aromatic nitrogens is 2. The van der Waals surface area contributed by atoms with Gasteiger partial charge in [-0.05, 0) is 42.7 Å². The number of hydrogen-bond acceptors (Lipinski definition) is 4. The lowest BCUT2D eigenvalue weighted by Crippen LogP contribution is -2.36. The number of thioether (sulfide) groups is 1. The predicted octanol–water partition coefficient (Wildman–Crippen LogP) is 4.98. The van der Waals surface area contributed by atoms with Gasteiger partial charge in [0.25, 0.3) is 5.91 Å². The number of alkyl halides is 3. The van der Waals surface area contributed by atoms with Crippen molar-refractivity contribution < 1.29 is 22.8 Å². The lowest BCUT2D eigenvalue weighted by Gasteiger charge is -2.19. The molecule has 0 fully saturated rings. The van der Waals surface area contributed by atoms with Crippen LogP contribution in [0.1, 0.15) is 16.1 Å². The van der Waals surface area contributed by atoms with E-state index in [4.69, 9.17) is 11.6 Å². The van der Waals surface area contributed by atoms with Gasteiger partial charge in [0.2, 0.25) is 5.91 Å². The van der Waals surface area contributed by atoms with Crippen LogP contribution in [0.3, 0.4) is 0 Å². The Morgan fingerprint density at radius 1 is 1.16 bits per heavy atom. The molecule has 0 bridgehead atoms. The third-order valence-corrected chi connectivity index (χ3v) is 5.50. The first-order chi connectivity index (χ1) is 15.1. The molecule has 0 atom stereocenters. The topological polar surface area (TPSA) is 67.2 Å². The summed E-state index contributed by atoms with van der Waals surface area (Å²) in [6, 6.07) is 12.6. The van der Waals surface area contributed by atoms with Gasteiger partial charge < -0.3 is 10.2 Å². The monoisotopic (exact) mass is 482 g/mol. The Labute approximate surface area is 191 Å². The summed E-state index contributed by atoms with van der Waals surface area (Å²) in [5, 5.41) is 6.78. The number of likely N-dealkylation sites (N-methyl/N-ethyl adjacent to an activating group) is 1. The molecule has 32 heavy (non-hydrogen) atoms. The molecule has 0 saturated heterocycles. The van der Waals surface area contributed by atoms with Crippen LogP contribution in [-0.4, -0.2) is 46.3 Å². The molecule has 0 spiro atoms. The number of halogens is 4. The molecule has 168 valence electrons. The predicted molar refractivity (Wildman–Crippen MR) is 117 cm³/mol. The first-order valence-corrected chi connectivity index (χ1v) is 10.8. The zero-order valence-electron chi connectivity index (χ0n) is 17.0. The fourth-order valence-corrected chi connectivity index (χ4v) is 3.67. The van der Waals surface area contributed by atoms with E-state index in [2.05, 4.69) is 10.4 Å². The average molecular weight is 483 g/mol. The molecule has 0 unspecified atom stereocenters. The van der Waals surface area contributed by atoms with Crippen LogP contribution in [0, 0.1) is 0 Å². The van der Waals surface area contributed by atoms with Crippen LogP contribution in [0.25, 0.3) is 5.69 Å². The second kappa shape index (κ2) is 9.66. The van der Waals surface area contributed by atoms with E-state index in [1.54, 1.807) is 12.1 Å². The molecule has 3 rings (SSSR count). The Morgan fingerprint density at radius 3 is 2.44 bits per heavy atom. The average Bonchev–Trinajstić information content (AvgIpc) is 3.19. The molecule has 1 aromatic heterocycles. The largest absolute Gasteiger partial charge is 0.434 e. The highest BCUT2D eigenvalue weighted by molar-refractivity contribution is 7.98. The third kappa shape index (κ3) is 5.25. The summed E-state index contributed by atoms with van der Waals surface area (Å²) < 4.78 is 42.1. The van der Waals surface area contributed by atoms with Gasteiger partial charge in [-0.1, -0.05) is 23.7 Å². The molecule has 0 aliphatic heterocycles. The van der Waals surface area contributed by atoms with Crippen molar-refractivity contribution in [3.63, 3.8) is 0 Å². The maximum atomic E-state index is 13.8. The lowest BCUT2D eigenvalue weighted by molar-refractivity contribution is -0.143. The van der Waals surface area contributed by atoms with Crippen LogP contribution in [0.5, 0.6) is 0 Å². The van der Waals surface area contributed by atoms with Crippen LogP contribution in [0.2, 0.25) is 5.02 Å². The summed E-state index contributed by atoms with van der Waals surface area (Å²) in [4.78, 5) is 26.9. The molecule has 1 heterocycles. The van der Waals surface area contributed by atoms with Crippen LogP contribution in [-0.2, 0) is 11.0 Å². The highest BCUT2D eigenvalue weighted by Crippen LogP contribution is 2.34. The van der Waals surface area contributed by atoms with E-state index >= 15 is 0 Å². The lowest BCUT2D eigenvalue weighted by atomic mass is 10.2. The molecule has 6 nitrogen and oxygen atoms in total. The van der Waals surface area contributed by atoms with Gasteiger partial charge in [0.1, 0.15) is 0 Å². The molecule has 1 N–H and O–H groups in total. The molecule has 0 radical (unpaired) electrons.